The molecule has 2 aromatic rings. The highest BCUT2D eigenvalue weighted by molar-refractivity contribution is 5.90. The van der Waals surface area contributed by atoms with Crippen molar-refractivity contribution in [2.24, 2.45) is 0 Å². The van der Waals surface area contributed by atoms with E-state index in [9.17, 15) is 4.79 Å². The van der Waals surface area contributed by atoms with Gasteiger partial charge in [0.25, 0.3) is 0 Å². The number of carbonyl (C=O) groups is 1. The Morgan fingerprint density at radius 2 is 1.81 bits per heavy atom. The average molecular weight is 367 g/mol. The quantitative estimate of drug-likeness (QED) is 0.854. The molecule has 0 bridgehead atoms. The topological polar surface area (TPSA) is 64.3 Å². The molecule has 3 heterocycles. The van der Waals surface area contributed by atoms with Gasteiger partial charge >= 0.3 is 6.03 Å². The lowest BCUT2D eigenvalue weighted by atomic mass is 9.94. The van der Waals surface area contributed by atoms with Crippen molar-refractivity contribution in [3.63, 3.8) is 0 Å². The molecule has 0 saturated carbocycles. The van der Waals surface area contributed by atoms with Crippen molar-refractivity contribution < 1.29 is 4.79 Å². The summed E-state index contributed by atoms with van der Waals surface area (Å²) >= 11 is 0. The van der Waals surface area contributed by atoms with Crippen LogP contribution in [-0.2, 0) is 0 Å². The van der Waals surface area contributed by atoms with E-state index >= 15 is 0 Å². The number of hydrogen-bond acceptors (Lipinski definition) is 3. The summed E-state index contributed by atoms with van der Waals surface area (Å²) in [4.78, 5) is 17.0. The van der Waals surface area contributed by atoms with E-state index in [0.717, 1.165) is 44.7 Å². The van der Waals surface area contributed by atoms with Gasteiger partial charge < -0.3 is 15.1 Å². The second-order valence-corrected chi connectivity index (χ2v) is 7.66. The van der Waals surface area contributed by atoms with Gasteiger partial charge in [0.2, 0.25) is 0 Å². The van der Waals surface area contributed by atoms with Crippen molar-refractivity contribution >= 4 is 17.4 Å². The number of nitrogens with zero attached hydrogens (tertiary/aromatic N) is 3. The first-order valence-electron chi connectivity index (χ1n) is 10.2. The lowest BCUT2D eigenvalue weighted by molar-refractivity contribution is 0.194. The Kier molecular flexibility index (Phi) is 5.61. The van der Waals surface area contributed by atoms with Gasteiger partial charge in [-0.15, -0.1) is 0 Å². The van der Waals surface area contributed by atoms with Crippen molar-refractivity contribution in [2.75, 3.05) is 36.4 Å². The number of piperidine rings is 1. The Labute approximate surface area is 160 Å². The van der Waals surface area contributed by atoms with Gasteiger partial charge in [-0.2, -0.15) is 5.10 Å². The first kappa shape index (κ1) is 17.9. The average Bonchev–Trinajstić information content (AvgIpc) is 3.11. The number of benzene rings is 1. The van der Waals surface area contributed by atoms with Gasteiger partial charge in [-0.3, -0.25) is 5.10 Å². The standard InChI is InChI=1S/C21H29N5O/c27-21(26-14-9-17(10-15-26)20-8-11-22-24-20)23-18-6-5-7-19(16-18)25-12-3-1-2-4-13-25/h5-8,11,16-17H,1-4,9-10,12-15H2,(H,22,24)(H,23,27). The molecule has 2 aliphatic heterocycles. The van der Waals surface area contributed by atoms with Crippen LogP contribution in [0.2, 0.25) is 0 Å². The Morgan fingerprint density at radius 1 is 1.04 bits per heavy atom. The van der Waals surface area contributed by atoms with Crippen molar-refractivity contribution in [3.8, 4) is 0 Å². The van der Waals surface area contributed by atoms with E-state index in [4.69, 9.17) is 0 Å². The summed E-state index contributed by atoms with van der Waals surface area (Å²) in [6.45, 7) is 3.78. The molecule has 6 heteroatoms. The fourth-order valence-corrected chi connectivity index (χ4v) is 4.20. The van der Waals surface area contributed by atoms with Crippen molar-refractivity contribution in [3.05, 3.63) is 42.2 Å². The Balaban J connectivity index is 1.33. The zero-order valence-corrected chi connectivity index (χ0v) is 15.9. The summed E-state index contributed by atoms with van der Waals surface area (Å²) in [6, 6.07) is 10.3. The van der Waals surface area contributed by atoms with E-state index in [1.54, 1.807) is 6.20 Å². The maximum Gasteiger partial charge on any atom is 0.321 e. The van der Waals surface area contributed by atoms with Gasteiger partial charge in [0.1, 0.15) is 0 Å². The molecule has 1 aromatic carbocycles. The summed E-state index contributed by atoms with van der Waals surface area (Å²) in [5.41, 5.74) is 3.28. The zero-order chi connectivity index (χ0) is 18.5. The van der Waals surface area contributed by atoms with Crippen molar-refractivity contribution in [2.45, 2.75) is 44.4 Å². The van der Waals surface area contributed by atoms with E-state index in [2.05, 4.69) is 32.5 Å². The molecule has 0 radical (unpaired) electrons. The number of nitrogens with one attached hydrogen (secondary N) is 2. The van der Waals surface area contributed by atoms with E-state index in [-0.39, 0.29) is 6.03 Å². The summed E-state index contributed by atoms with van der Waals surface area (Å²) in [5.74, 6) is 0.475. The summed E-state index contributed by atoms with van der Waals surface area (Å²) in [6.07, 6.45) is 8.89. The molecule has 0 spiro atoms. The number of likely N-dealkylation sites (tertiary alicyclic amines) is 1. The number of H-pyrrole nitrogens is 1. The number of anilines is 2. The van der Waals surface area contributed by atoms with Crippen LogP contribution in [0.5, 0.6) is 0 Å². The Bertz CT molecular complexity index is 729. The number of rotatable bonds is 3. The lowest BCUT2D eigenvalue weighted by Crippen LogP contribution is -2.40. The van der Waals surface area contributed by atoms with E-state index in [1.165, 1.54) is 37.1 Å². The van der Waals surface area contributed by atoms with E-state index in [1.807, 2.05) is 23.1 Å². The molecule has 2 amide bonds. The predicted molar refractivity (Wildman–Crippen MR) is 108 cm³/mol. The number of hydrogen-bond donors (Lipinski definition) is 2. The second kappa shape index (κ2) is 8.46. The minimum atomic E-state index is 0.00563. The molecule has 0 aliphatic carbocycles. The molecule has 1 aromatic heterocycles. The molecule has 0 unspecified atom stereocenters. The normalized spacial score (nSPS) is 19.0. The van der Waals surface area contributed by atoms with Gasteiger partial charge in [-0.1, -0.05) is 18.9 Å². The van der Waals surface area contributed by atoms with E-state index < -0.39 is 0 Å². The van der Waals surface area contributed by atoms with E-state index in [0.29, 0.717) is 5.92 Å². The van der Waals surface area contributed by atoms with Gasteiger partial charge in [0.15, 0.2) is 0 Å². The van der Waals surface area contributed by atoms with Crippen molar-refractivity contribution in [1.29, 1.82) is 0 Å². The molecular formula is C21H29N5O. The first-order chi connectivity index (χ1) is 13.3. The SMILES string of the molecule is O=C(Nc1cccc(N2CCCCCC2)c1)N1CCC(c2ccn[nH]2)CC1. The fraction of sp³-hybridized carbons (Fsp3) is 0.524. The van der Waals surface area contributed by atoms with Crippen LogP contribution in [0.25, 0.3) is 0 Å². The van der Waals surface area contributed by atoms with Gasteiger partial charge in [-0.05, 0) is 49.9 Å². The second-order valence-electron chi connectivity index (χ2n) is 7.66. The number of amides is 2. The Hall–Kier alpha value is -2.50. The highest BCUT2D eigenvalue weighted by atomic mass is 16.2. The molecule has 144 valence electrons. The van der Waals surface area contributed by atoms with Gasteiger partial charge in [0.05, 0.1) is 0 Å². The molecule has 6 nitrogen and oxygen atoms in total. The molecule has 0 atom stereocenters. The van der Waals surface area contributed by atoms with Crippen LogP contribution in [0.4, 0.5) is 16.2 Å². The largest absolute Gasteiger partial charge is 0.371 e. The number of aromatic amines is 1. The maximum atomic E-state index is 12.7. The van der Waals surface area contributed by atoms with Crippen molar-refractivity contribution in [1.82, 2.24) is 15.1 Å². The molecule has 4 rings (SSSR count). The molecule has 2 fully saturated rings. The van der Waals surface area contributed by atoms with Crippen LogP contribution in [0.15, 0.2) is 36.5 Å². The first-order valence-corrected chi connectivity index (χ1v) is 10.2. The van der Waals surface area contributed by atoms with Crippen LogP contribution in [0, 0.1) is 0 Å². The van der Waals surface area contributed by atoms with Crippen LogP contribution in [-0.4, -0.2) is 47.3 Å². The minimum absolute atomic E-state index is 0.00563. The predicted octanol–water partition coefficient (Wildman–Crippen LogP) is 4.20. The Morgan fingerprint density at radius 3 is 2.52 bits per heavy atom. The number of urea groups is 1. The molecular weight excluding hydrogens is 338 g/mol. The summed E-state index contributed by atoms with van der Waals surface area (Å²) in [7, 11) is 0. The van der Waals surface area contributed by atoms with Crippen LogP contribution >= 0.6 is 0 Å². The molecule has 2 aliphatic rings. The van der Waals surface area contributed by atoms with Gasteiger partial charge in [-0.25, -0.2) is 4.79 Å². The van der Waals surface area contributed by atoms with Crippen LogP contribution in [0.1, 0.15) is 50.1 Å². The van der Waals surface area contributed by atoms with Crippen LogP contribution in [0.3, 0.4) is 0 Å². The fourth-order valence-electron chi connectivity index (χ4n) is 4.20. The highest BCUT2D eigenvalue weighted by Gasteiger charge is 2.24. The minimum Gasteiger partial charge on any atom is -0.371 e. The summed E-state index contributed by atoms with van der Waals surface area (Å²) < 4.78 is 0. The molecule has 27 heavy (non-hydrogen) atoms. The van der Waals surface area contributed by atoms with Crippen LogP contribution < -0.4 is 10.2 Å². The monoisotopic (exact) mass is 367 g/mol. The summed E-state index contributed by atoms with van der Waals surface area (Å²) in [5, 5.41) is 10.2. The number of aromatic nitrogens is 2. The zero-order valence-electron chi connectivity index (χ0n) is 15.9. The third-order valence-corrected chi connectivity index (χ3v) is 5.81. The van der Waals surface area contributed by atoms with Gasteiger partial charge in [0, 0.05) is 55.4 Å². The number of carbonyl (C=O) groups excluding carboxylic acids is 1. The highest BCUT2D eigenvalue weighted by Crippen LogP contribution is 2.27. The molecule has 2 N–H and O–H groups in total. The smallest absolute Gasteiger partial charge is 0.321 e. The lowest BCUT2D eigenvalue weighted by Gasteiger charge is -2.31. The maximum absolute atomic E-state index is 12.7. The third kappa shape index (κ3) is 4.43. The molecule has 2 saturated heterocycles. The third-order valence-electron chi connectivity index (χ3n) is 5.81.